The van der Waals surface area contributed by atoms with Crippen LogP contribution in [0.25, 0.3) is 0 Å². The summed E-state index contributed by atoms with van der Waals surface area (Å²) in [4.78, 5) is 41.1. The first-order chi connectivity index (χ1) is 16.2. The van der Waals surface area contributed by atoms with Crippen molar-refractivity contribution in [2.45, 2.75) is 77.7 Å². The molecule has 3 amide bonds. The number of nitrogens with two attached hydrogens (primary N) is 2. The van der Waals surface area contributed by atoms with E-state index in [-0.39, 0.29) is 51.5 Å². The van der Waals surface area contributed by atoms with Crippen LogP contribution < -0.4 is 17.0 Å². The first-order valence-corrected chi connectivity index (χ1v) is 12.5. The molecule has 0 aromatic heterocycles. The van der Waals surface area contributed by atoms with Gasteiger partial charge in [0.2, 0.25) is 5.91 Å². The summed E-state index contributed by atoms with van der Waals surface area (Å²) in [7, 11) is 1.81. The van der Waals surface area contributed by atoms with Gasteiger partial charge in [0.05, 0.1) is 5.75 Å². The van der Waals surface area contributed by atoms with Crippen molar-refractivity contribution < 1.29 is 32.3 Å². The Morgan fingerprint density at radius 2 is 1.18 bits per heavy atom. The van der Waals surface area contributed by atoms with Gasteiger partial charge in [-0.25, -0.2) is 14.3 Å². The molecule has 0 bridgehead atoms. The quantitative estimate of drug-likeness (QED) is 0.147. The number of ketones is 1. The number of amides is 3. The van der Waals surface area contributed by atoms with Gasteiger partial charge in [-0.1, -0.05) is 77.0 Å². The van der Waals surface area contributed by atoms with Crippen molar-refractivity contribution in [3.8, 4) is 0 Å². The first-order valence-electron chi connectivity index (χ1n) is 10.8. The van der Waals surface area contributed by atoms with E-state index in [1.165, 1.54) is 39.1 Å². The summed E-state index contributed by atoms with van der Waals surface area (Å²) in [5, 5.41) is 0.965. The molecule has 0 aromatic rings. The van der Waals surface area contributed by atoms with Crippen LogP contribution in [-0.2, 0) is 33.8 Å². The van der Waals surface area contributed by atoms with E-state index in [0.717, 1.165) is 16.9 Å². The molecular formula is C26H62N4O7S. The number of methoxy groups -OCH3 is 1. The molecule has 0 radical (unpaired) electrons. The molecule has 0 spiro atoms. The number of nitrogens with zero attached hydrogens (tertiary/aromatic N) is 1. The van der Waals surface area contributed by atoms with Gasteiger partial charge in [-0.05, 0) is 19.5 Å². The highest BCUT2D eigenvalue weighted by atomic mass is 32.2. The minimum atomic E-state index is -2.89. The fourth-order valence-electron chi connectivity index (χ4n) is 0.593. The van der Waals surface area contributed by atoms with Crippen molar-refractivity contribution in [3.05, 3.63) is 36.8 Å². The Morgan fingerprint density at radius 3 is 1.21 bits per heavy atom. The number of ether oxygens (including phenoxy) is 1. The normalized spacial score (nSPS) is 8.92. The molecular weight excluding hydrogens is 512 g/mol. The van der Waals surface area contributed by atoms with Crippen molar-refractivity contribution in [1.29, 1.82) is 0 Å². The molecule has 5 N–H and O–H groups in total. The third kappa shape index (κ3) is 84.3. The number of allylic oxidation sites excluding steroid dienone is 1. The van der Waals surface area contributed by atoms with E-state index >= 15 is 0 Å². The average molecular weight is 575 g/mol. The first kappa shape index (κ1) is 64.9. The lowest BCUT2D eigenvalue weighted by atomic mass is 10.5. The van der Waals surface area contributed by atoms with Crippen LogP contribution in [0.3, 0.4) is 0 Å². The van der Waals surface area contributed by atoms with E-state index in [1.807, 2.05) is 40.0 Å². The van der Waals surface area contributed by atoms with Gasteiger partial charge in [0.15, 0.2) is 15.6 Å². The molecule has 0 saturated carbocycles. The largest absolute Gasteiger partial charge is 0.388 e. The van der Waals surface area contributed by atoms with Crippen LogP contribution in [0.2, 0.25) is 0 Å². The fraction of sp³-hybridized carbons (Fsp3) is 0.615. The van der Waals surface area contributed by atoms with E-state index in [1.54, 1.807) is 21.1 Å². The summed E-state index contributed by atoms with van der Waals surface area (Å²) < 4.78 is 24.8. The van der Waals surface area contributed by atoms with Crippen LogP contribution in [-0.4, -0.2) is 70.4 Å². The van der Waals surface area contributed by atoms with Gasteiger partial charge in [-0.2, -0.15) is 0 Å². The number of rotatable bonds is 3. The molecule has 12 heteroatoms. The van der Waals surface area contributed by atoms with Gasteiger partial charge >= 0.3 is 0 Å². The van der Waals surface area contributed by atoms with Crippen LogP contribution in [0.4, 0.5) is 0 Å². The minimum Gasteiger partial charge on any atom is -0.388 e. The average Bonchev–Trinajstić information content (AvgIpc) is 3.14. The molecule has 0 aliphatic carbocycles. The highest BCUT2D eigenvalue weighted by molar-refractivity contribution is 7.94. The molecule has 0 fully saturated rings. The number of likely N-dealkylation sites (N-methyl/N-ethyl adjacent to an activating group) is 1. The van der Waals surface area contributed by atoms with Crippen LogP contribution in [0.5, 0.6) is 0 Å². The summed E-state index contributed by atoms with van der Waals surface area (Å²) in [5.41, 5.74) is 6.74. The van der Waals surface area contributed by atoms with E-state index in [9.17, 15) is 27.6 Å². The Labute approximate surface area is 235 Å². The minimum absolute atomic E-state index is 0. The van der Waals surface area contributed by atoms with Crippen LogP contribution in [0.15, 0.2) is 36.8 Å². The number of hydrazine groups is 1. The monoisotopic (exact) mass is 574 g/mol. The standard InChI is InChI=1S/C5H5NO2.C4H8O2S.C4H6O.C2H6N2O.C2H7N.C2H6O.2C2H6.3CH4/c1-6-4(7)2-3-5(6)8;1-3-7(5,6)4-2;1-3-4(2)5;1-2(5)4-3;1-2-3;1-3-2;2*1-2;;;/h2-3H,1H3;3H,1,4H2,2H3;3H,1H2,2H3;3H2,1H3,(H,4,5);2-3H2,1H3;1-2H3;2*1-2H3;3*1H4. The predicted octanol–water partition coefficient (Wildman–Crippen LogP) is 4.05. The van der Waals surface area contributed by atoms with Gasteiger partial charge in [0.1, 0.15) is 0 Å². The number of imide groups is 1. The number of carbonyl (C=O) groups is 4. The molecule has 0 unspecified atom stereocenters. The predicted molar refractivity (Wildman–Crippen MR) is 166 cm³/mol. The van der Waals surface area contributed by atoms with Crippen molar-refractivity contribution in [2.24, 2.45) is 11.6 Å². The molecule has 1 heterocycles. The SMILES string of the molecule is C.C.C.C=CC(C)=O.C=CS(=O)(=O)CC.CC.CC.CC(=O)NN.CCN.CN1C(=O)C=CC1=O.COC. The molecule has 11 nitrogen and oxygen atoms in total. The van der Waals surface area contributed by atoms with Crippen molar-refractivity contribution in [2.75, 3.05) is 33.6 Å². The second-order valence-corrected chi connectivity index (χ2v) is 7.26. The number of sulfone groups is 1. The van der Waals surface area contributed by atoms with Gasteiger partial charge < -0.3 is 10.5 Å². The van der Waals surface area contributed by atoms with Gasteiger partial charge in [0.25, 0.3) is 11.8 Å². The zero-order chi connectivity index (χ0) is 30.0. The van der Waals surface area contributed by atoms with Crippen LogP contribution in [0, 0.1) is 0 Å². The van der Waals surface area contributed by atoms with Crippen molar-refractivity contribution in [1.82, 2.24) is 10.3 Å². The molecule has 0 aromatic carbocycles. The molecule has 234 valence electrons. The Hall–Kier alpha value is -2.67. The number of carbonyl (C=O) groups excluding carboxylic acids is 4. The van der Waals surface area contributed by atoms with Crippen molar-refractivity contribution in [3.63, 3.8) is 0 Å². The summed E-state index contributed by atoms with van der Waals surface area (Å²) in [6.07, 6.45) is 3.78. The van der Waals surface area contributed by atoms with E-state index in [2.05, 4.69) is 23.7 Å². The third-order valence-electron chi connectivity index (χ3n) is 2.18. The second-order valence-electron chi connectivity index (χ2n) is 5.02. The Kier molecular flexibility index (Phi) is 93.9. The topological polar surface area (TPSA) is 179 Å². The summed E-state index contributed by atoms with van der Waals surface area (Å²) in [6.45, 7) is 21.4. The highest BCUT2D eigenvalue weighted by Gasteiger charge is 2.17. The zero-order valence-corrected chi connectivity index (χ0v) is 24.3. The van der Waals surface area contributed by atoms with Gasteiger partial charge in [-0.3, -0.25) is 29.5 Å². The third-order valence-corrected chi connectivity index (χ3v) is 3.49. The van der Waals surface area contributed by atoms with E-state index in [4.69, 9.17) is 5.73 Å². The maximum atomic E-state index is 10.4. The molecule has 38 heavy (non-hydrogen) atoms. The summed E-state index contributed by atoms with van der Waals surface area (Å²) >= 11 is 0. The van der Waals surface area contributed by atoms with E-state index < -0.39 is 9.84 Å². The fourth-order valence-corrected chi connectivity index (χ4v) is 0.828. The molecule has 1 aliphatic rings. The Balaban J connectivity index is -0.0000000305. The lowest BCUT2D eigenvalue weighted by molar-refractivity contribution is -0.135. The van der Waals surface area contributed by atoms with Crippen LogP contribution in [0.1, 0.15) is 77.7 Å². The maximum absolute atomic E-state index is 10.4. The lowest BCUT2D eigenvalue weighted by Crippen LogP contribution is -2.26. The maximum Gasteiger partial charge on any atom is 0.253 e. The van der Waals surface area contributed by atoms with E-state index in [0.29, 0.717) is 0 Å². The molecule has 0 saturated heterocycles. The lowest BCUT2D eigenvalue weighted by Gasteiger charge is -2.01. The van der Waals surface area contributed by atoms with Gasteiger partial charge in [0, 0.05) is 45.8 Å². The Morgan fingerprint density at radius 1 is 0.974 bits per heavy atom. The second kappa shape index (κ2) is 55.0. The zero-order valence-electron chi connectivity index (χ0n) is 23.5. The number of hydrogen-bond acceptors (Lipinski definition) is 9. The van der Waals surface area contributed by atoms with Crippen LogP contribution >= 0.6 is 0 Å². The summed E-state index contributed by atoms with van der Waals surface area (Å²) in [5.74, 6) is 4.04. The smallest absolute Gasteiger partial charge is 0.253 e. The number of hydrogen-bond donors (Lipinski definition) is 3. The number of nitrogens with one attached hydrogen (secondary N) is 1. The highest BCUT2D eigenvalue weighted by Crippen LogP contribution is 1.97. The molecule has 0 atom stereocenters. The molecule has 1 aliphatic heterocycles. The summed E-state index contributed by atoms with van der Waals surface area (Å²) in [6, 6.07) is 0. The van der Waals surface area contributed by atoms with Crippen molar-refractivity contribution >= 4 is 33.3 Å². The van der Waals surface area contributed by atoms with Gasteiger partial charge in [-0.15, -0.1) is 0 Å². The molecule has 1 rings (SSSR count). The Bertz CT molecular complexity index is 645.